The van der Waals surface area contributed by atoms with Crippen molar-refractivity contribution in [2.75, 3.05) is 5.75 Å². The van der Waals surface area contributed by atoms with Crippen LogP contribution in [0.2, 0.25) is 0 Å². The molecule has 0 aliphatic rings. The van der Waals surface area contributed by atoms with E-state index >= 15 is 0 Å². The Morgan fingerprint density at radius 1 is 1.07 bits per heavy atom. The third-order valence-electron chi connectivity index (χ3n) is 4.06. The molecule has 0 amide bonds. The number of hydrogen-bond acceptors (Lipinski definition) is 6. The van der Waals surface area contributed by atoms with Gasteiger partial charge in [-0.3, -0.25) is 4.79 Å². The smallest absolute Gasteiger partial charge is 0.316 e. The average Bonchev–Trinajstić information content (AvgIpc) is 3.17. The molecule has 0 spiro atoms. The van der Waals surface area contributed by atoms with Gasteiger partial charge >= 0.3 is 5.97 Å². The van der Waals surface area contributed by atoms with E-state index in [0.717, 1.165) is 36.4 Å². The molecule has 7 heteroatoms. The number of hydrogen-bond donors (Lipinski definition) is 0. The van der Waals surface area contributed by atoms with E-state index < -0.39 is 0 Å². The number of fused-ring (bicyclic) bond motifs is 1. The van der Waals surface area contributed by atoms with Crippen LogP contribution in [0.25, 0.3) is 21.3 Å². The van der Waals surface area contributed by atoms with Gasteiger partial charge in [0.1, 0.15) is 22.8 Å². The Bertz CT molecular complexity index is 1100. The van der Waals surface area contributed by atoms with Gasteiger partial charge in [-0.1, -0.05) is 70.2 Å². The summed E-state index contributed by atoms with van der Waals surface area (Å²) in [5, 5.41) is 3.86. The van der Waals surface area contributed by atoms with Crippen LogP contribution in [0.15, 0.2) is 75.8 Å². The number of rotatable bonds is 6. The molecule has 2 aromatic heterocycles. The molecule has 0 saturated heterocycles. The molecular formula is C21H15BrN2O2S2. The number of ether oxygens (including phenoxy) is 1. The largest absolute Gasteiger partial charge is 0.460 e. The molecule has 0 aliphatic carbocycles. The van der Waals surface area contributed by atoms with Crippen molar-refractivity contribution in [3.8, 4) is 11.1 Å². The lowest BCUT2D eigenvalue weighted by Gasteiger charge is -2.07. The molecule has 0 bridgehead atoms. The topological polar surface area (TPSA) is 52.1 Å². The maximum absolute atomic E-state index is 12.2. The molecule has 0 unspecified atom stereocenters. The summed E-state index contributed by atoms with van der Waals surface area (Å²) in [5.74, 6) is -0.0600. The van der Waals surface area contributed by atoms with Crippen molar-refractivity contribution in [1.82, 2.24) is 9.97 Å². The molecule has 140 valence electrons. The van der Waals surface area contributed by atoms with Crippen LogP contribution < -0.4 is 0 Å². The van der Waals surface area contributed by atoms with Gasteiger partial charge in [-0.25, -0.2) is 9.97 Å². The van der Waals surface area contributed by atoms with E-state index in [1.54, 1.807) is 17.7 Å². The fourth-order valence-corrected chi connectivity index (χ4v) is 4.76. The van der Waals surface area contributed by atoms with Gasteiger partial charge in [0.05, 0.1) is 11.1 Å². The van der Waals surface area contributed by atoms with Crippen LogP contribution in [0, 0.1) is 0 Å². The Kier molecular flexibility index (Phi) is 6.04. The summed E-state index contributed by atoms with van der Waals surface area (Å²) in [5.41, 5.74) is 3.15. The number of esters is 1. The van der Waals surface area contributed by atoms with E-state index in [-0.39, 0.29) is 18.3 Å². The van der Waals surface area contributed by atoms with Gasteiger partial charge in [-0.15, -0.1) is 11.3 Å². The van der Waals surface area contributed by atoms with Crippen molar-refractivity contribution in [2.45, 2.75) is 11.6 Å². The molecule has 4 aromatic rings. The first-order valence-corrected chi connectivity index (χ1v) is 11.2. The standard InChI is InChI=1S/C21H15BrN2O2S2/c22-16-8-6-15(7-9-16)17-11-27-20-19(17)21(24-13-23-20)28-12-18(25)26-10-14-4-2-1-3-5-14/h1-9,11,13H,10,12H2. The normalized spacial score (nSPS) is 10.9. The highest BCUT2D eigenvalue weighted by molar-refractivity contribution is 9.10. The van der Waals surface area contributed by atoms with E-state index in [1.807, 2.05) is 42.5 Å². The van der Waals surface area contributed by atoms with Crippen molar-refractivity contribution in [2.24, 2.45) is 0 Å². The number of aromatic nitrogens is 2. The minimum Gasteiger partial charge on any atom is -0.460 e. The minimum atomic E-state index is -0.263. The molecule has 28 heavy (non-hydrogen) atoms. The van der Waals surface area contributed by atoms with Crippen LogP contribution >= 0.6 is 39.0 Å². The van der Waals surface area contributed by atoms with Crippen LogP contribution in [0.5, 0.6) is 0 Å². The Morgan fingerprint density at radius 3 is 2.64 bits per heavy atom. The van der Waals surface area contributed by atoms with Gasteiger partial charge in [0.15, 0.2) is 0 Å². The average molecular weight is 471 g/mol. The summed E-state index contributed by atoms with van der Waals surface area (Å²) >= 11 is 6.43. The van der Waals surface area contributed by atoms with Crippen LogP contribution in [0.4, 0.5) is 0 Å². The number of nitrogens with zero attached hydrogens (tertiary/aromatic N) is 2. The van der Waals surface area contributed by atoms with Crippen molar-refractivity contribution >= 4 is 55.2 Å². The van der Waals surface area contributed by atoms with Crippen molar-refractivity contribution in [3.63, 3.8) is 0 Å². The molecular weight excluding hydrogens is 456 g/mol. The monoisotopic (exact) mass is 470 g/mol. The summed E-state index contributed by atoms with van der Waals surface area (Å²) in [4.78, 5) is 21.9. The fourth-order valence-electron chi connectivity index (χ4n) is 2.71. The molecule has 2 aromatic carbocycles. The van der Waals surface area contributed by atoms with Crippen molar-refractivity contribution in [1.29, 1.82) is 0 Å². The second-order valence-electron chi connectivity index (χ2n) is 5.95. The predicted molar refractivity (Wildman–Crippen MR) is 118 cm³/mol. The zero-order valence-electron chi connectivity index (χ0n) is 14.7. The maximum Gasteiger partial charge on any atom is 0.316 e. The molecule has 0 saturated carbocycles. The van der Waals surface area contributed by atoms with Crippen molar-refractivity contribution in [3.05, 3.63) is 76.3 Å². The second-order valence-corrected chi connectivity index (χ2v) is 8.69. The predicted octanol–water partition coefficient (Wildman–Crippen LogP) is 5.96. The first-order chi connectivity index (χ1) is 13.7. The zero-order valence-corrected chi connectivity index (χ0v) is 17.9. The van der Waals surface area contributed by atoms with Crippen molar-refractivity contribution < 1.29 is 9.53 Å². The van der Waals surface area contributed by atoms with Gasteiger partial charge in [0, 0.05) is 15.4 Å². The Labute approximate surface area is 179 Å². The van der Waals surface area contributed by atoms with E-state index in [2.05, 4.69) is 43.4 Å². The number of thiophene rings is 1. The number of thioether (sulfide) groups is 1. The number of halogens is 1. The number of benzene rings is 2. The molecule has 0 radical (unpaired) electrons. The lowest BCUT2D eigenvalue weighted by atomic mass is 10.1. The maximum atomic E-state index is 12.2. The van der Waals surface area contributed by atoms with E-state index in [4.69, 9.17) is 4.74 Å². The van der Waals surface area contributed by atoms with E-state index in [1.165, 1.54) is 11.8 Å². The fraction of sp³-hybridized carbons (Fsp3) is 0.0952. The summed E-state index contributed by atoms with van der Waals surface area (Å²) in [6.45, 7) is 0.280. The number of carbonyl (C=O) groups is 1. The lowest BCUT2D eigenvalue weighted by molar-refractivity contribution is -0.141. The van der Waals surface area contributed by atoms with Gasteiger partial charge in [-0.2, -0.15) is 0 Å². The van der Waals surface area contributed by atoms with E-state index in [0.29, 0.717) is 0 Å². The highest BCUT2D eigenvalue weighted by Crippen LogP contribution is 2.38. The second kappa shape index (κ2) is 8.86. The molecule has 2 heterocycles. The van der Waals surface area contributed by atoms with Crippen LogP contribution in [-0.2, 0) is 16.1 Å². The van der Waals surface area contributed by atoms with Gasteiger partial charge in [0.2, 0.25) is 0 Å². The molecule has 0 N–H and O–H groups in total. The Morgan fingerprint density at radius 2 is 1.86 bits per heavy atom. The minimum absolute atomic E-state index is 0.203. The quantitative estimate of drug-likeness (QED) is 0.197. The molecule has 0 aliphatic heterocycles. The zero-order chi connectivity index (χ0) is 19.3. The van der Waals surface area contributed by atoms with E-state index in [9.17, 15) is 4.79 Å². The first-order valence-electron chi connectivity index (χ1n) is 8.51. The SMILES string of the molecule is O=C(CSc1ncnc2scc(-c3ccc(Br)cc3)c12)OCc1ccccc1. The third kappa shape index (κ3) is 4.43. The molecule has 4 nitrogen and oxygen atoms in total. The molecule has 0 atom stereocenters. The number of carbonyl (C=O) groups excluding carboxylic acids is 1. The van der Waals surface area contributed by atoms with Crippen LogP contribution in [0.1, 0.15) is 5.56 Å². The summed E-state index contributed by atoms with van der Waals surface area (Å²) < 4.78 is 6.40. The summed E-state index contributed by atoms with van der Waals surface area (Å²) in [7, 11) is 0. The molecule has 0 fully saturated rings. The highest BCUT2D eigenvalue weighted by Gasteiger charge is 2.15. The van der Waals surface area contributed by atoms with Crippen LogP contribution in [-0.4, -0.2) is 21.7 Å². The summed E-state index contributed by atoms with van der Waals surface area (Å²) in [6.07, 6.45) is 1.54. The first kappa shape index (κ1) is 19.1. The molecule has 4 rings (SSSR count). The lowest BCUT2D eigenvalue weighted by Crippen LogP contribution is -2.07. The van der Waals surface area contributed by atoms with Gasteiger partial charge in [0.25, 0.3) is 0 Å². The third-order valence-corrected chi connectivity index (χ3v) is 6.44. The summed E-state index contributed by atoms with van der Waals surface area (Å²) in [6, 6.07) is 17.8. The highest BCUT2D eigenvalue weighted by atomic mass is 79.9. The van der Waals surface area contributed by atoms with Gasteiger partial charge < -0.3 is 4.74 Å². The van der Waals surface area contributed by atoms with Crippen LogP contribution in [0.3, 0.4) is 0 Å². The Hall–Kier alpha value is -2.22. The Balaban J connectivity index is 1.50. The van der Waals surface area contributed by atoms with Gasteiger partial charge in [-0.05, 0) is 23.3 Å².